The zero-order valence-electron chi connectivity index (χ0n) is 9.51. The van der Waals surface area contributed by atoms with E-state index in [4.69, 9.17) is 16.3 Å². The van der Waals surface area contributed by atoms with Crippen molar-refractivity contribution in [2.24, 2.45) is 5.92 Å². The van der Waals surface area contributed by atoms with Gasteiger partial charge < -0.3 is 4.74 Å². The molecule has 0 atom stereocenters. The maximum atomic E-state index is 10.5. The van der Waals surface area contributed by atoms with E-state index < -0.39 is 5.43 Å². The standard InChI is InChI=1S/C12H21ClO2/c1-2-3-4-5-10-6-8-11(9-7-10)15-12(13)14/h10-11H,2-9H2,1H3/t10-,11-. The molecule has 3 heteroatoms. The maximum Gasteiger partial charge on any atom is 0.404 e. The van der Waals surface area contributed by atoms with Crippen LogP contribution in [0.4, 0.5) is 4.79 Å². The fourth-order valence-electron chi connectivity index (χ4n) is 2.35. The summed E-state index contributed by atoms with van der Waals surface area (Å²) in [6.07, 6.45) is 9.78. The van der Waals surface area contributed by atoms with Gasteiger partial charge in [-0.3, -0.25) is 0 Å². The molecule has 0 aromatic heterocycles. The van der Waals surface area contributed by atoms with Crippen molar-refractivity contribution in [1.82, 2.24) is 0 Å². The summed E-state index contributed by atoms with van der Waals surface area (Å²) >= 11 is 5.19. The van der Waals surface area contributed by atoms with Crippen molar-refractivity contribution in [3.8, 4) is 0 Å². The number of hydrogen-bond acceptors (Lipinski definition) is 2. The fourth-order valence-corrected chi connectivity index (χ4v) is 2.48. The van der Waals surface area contributed by atoms with E-state index in [1.165, 1.54) is 38.5 Å². The van der Waals surface area contributed by atoms with Crippen LogP contribution in [-0.4, -0.2) is 11.5 Å². The van der Waals surface area contributed by atoms with Crippen molar-refractivity contribution in [1.29, 1.82) is 0 Å². The van der Waals surface area contributed by atoms with E-state index in [1.54, 1.807) is 0 Å². The van der Waals surface area contributed by atoms with Gasteiger partial charge in [0.05, 0.1) is 0 Å². The molecule has 1 aliphatic carbocycles. The van der Waals surface area contributed by atoms with Gasteiger partial charge in [0.1, 0.15) is 6.10 Å². The molecule has 0 spiro atoms. The van der Waals surface area contributed by atoms with E-state index in [0.717, 1.165) is 18.8 Å². The average Bonchev–Trinajstić information content (AvgIpc) is 2.20. The highest BCUT2D eigenvalue weighted by molar-refractivity contribution is 6.61. The molecular weight excluding hydrogens is 212 g/mol. The fraction of sp³-hybridized carbons (Fsp3) is 0.917. The smallest absolute Gasteiger partial charge is 0.404 e. The Hall–Kier alpha value is -0.240. The molecule has 0 aromatic carbocycles. The summed E-state index contributed by atoms with van der Waals surface area (Å²) in [5.74, 6) is 0.849. The van der Waals surface area contributed by atoms with Gasteiger partial charge in [0.25, 0.3) is 0 Å². The molecule has 1 fully saturated rings. The monoisotopic (exact) mass is 232 g/mol. The topological polar surface area (TPSA) is 26.3 Å². The van der Waals surface area contributed by atoms with Crippen molar-refractivity contribution in [3.05, 3.63) is 0 Å². The Morgan fingerprint density at radius 2 is 1.93 bits per heavy atom. The third kappa shape index (κ3) is 5.41. The molecule has 0 bridgehead atoms. The number of carbonyl (C=O) groups is 1. The summed E-state index contributed by atoms with van der Waals surface area (Å²) in [5.41, 5.74) is -0.649. The van der Waals surface area contributed by atoms with Crippen molar-refractivity contribution in [2.45, 2.75) is 64.4 Å². The summed E-state index contributed by atoms with van der Waals surface area (Å²) < 4.78 is 4.99. The highest BCUT2D eigenvalue weighted by atomic mass is 35.5. The summed E-state index contributed by atoms with van der Waals surface area (Å²) in [7, 11) is 0. The largest absolute Gasteiger partial charge is 0.450 e. The van der Waals surface area contributed by atoms with Gasteiger partial charge in [-0.2, -0.15) is 0 Å². The van der Waals surface area contributed by atoms with Gasteiger partial charge in [-0.05, 0) is 31.6 Å². The number of ether oxygens (including phenoxy) is 1. The Kier molecular flexibility index (Phi) is 6.07. The van der Waals surface area contributed by atoms with E-state index in [9.17, 15) is 4.79 Å². The predicted octanol–water partition coefficient (Wildman–Crippen LogP) is 4.50. The van der Waals surface area contributed by atoms with Crippen LogP contribution in [0.25, 0.3) is 0 Å². The second-order valence-corrected chi connectivity index (χ2v) is 4.80. The van der Waals surface area contributed by atoms with Crippen LogP contribution in [0.2, 0.25) is 0 Å². The van der Waals surface area contributed by atoms with Crippen LogP contribution >= 0.6 is 11.6 Å². The third-order valence-electron chi connectivity index (χ3n) is 3.27. The summed E-state index contributed by atoms with van der Waals surface area (Å²) in [6.45, 7) is 2.23. The van der Waals surface area contributed by atoms with Crippen LogP contribution in [0, 0.1) is 5.92 Å². The van der Waals surface area contributed by atoms with Crippen molar-refractivity contribution >= 4 is 17.0 Å². The molecule has 0 N–H and O–H groups in total. The van der Waals surface area contributed by atoms with E-state index >= 15 is 0 Å². The second kappa shape index (κ2) is 7.10. The summed E-state index contributed by atoms with van der Waals surface area (Å²) in [4.78, 5) is 10.5. The number of halogens is 1. The van der Waals surface area contributed by atoms with Gasteiger partial charge in [0.15, 0.2) is 0 Å². The first kappa shape index (κ1) is 12.8. The number of hydrogen-bond donors (Lipinski definition) is 0. The van der Waals surface area contributed by atoms with Crippen LogP contribution in [-0.2, 0) is 4.74 Å². The predicted molar refractivity (Wildman–Crippen MR) is 62.2 cm³/mol. The first-order chi connectivity index (χ1) is 7.22. The first-order valence-corrected chi connectivity index (χ1v) is 6.46. The Morgan fingerprint density at radius 3 is 2.47 bits per heavy atom. The molecule has 0 heterocycles. The van der Waals surface area contributed by atoms with Crippen molar-refractivity contribution in [2.75, 3.05) is 0 Å². The molecule has 2 nitrogen and oxygen atoms in total. The van der Waals surface area contributed by atoms with Crippen LogP contribution < -0.4 is 0 Å². The first-order valence-electron chi connectivity index (χ1n) is 6.08. The average molecular weight is 233 g/mol. The molecule has 0 aliphatic heterocycles. The Balaban J connectivity index is 2.10. The van der Waals surface area contributed by atoms with E-state index in [1.807, 2.05) is 0 Å². The Labute approximate surface area is 97.3 Å². The number of carbonyl (C=O) groups excluding carboxylic acids is 1. The summed E-state index contributed by atoms with van der Waals surface area (Å²) in [5, 5.41) is 0. The van der Waals surface area contributed by atoms with Gasteiger partial charge in [-0.1, -0.05) is 32.6 Å². The van der Waals surface area contributed by atoms with Crippen molar-refractivity contribution < 1.29 is 9.53 Å². The minimum Gasteiger partial charge on any atom is -0.450 e. The zero-order chi connectivity index (χ0) is 11.1. The lowest BCUT2D eigenvalue weighted by molar-refractivity contribution is 0.0805. The molecule has 0 aromatic rings. The van der Waals surface area contributed by atoms with Gasteiger partial charge in [-0.15, -0.1) is 0 Å². The molecular formula is C12H21ClO2. The molecule has 0 radical (unpaired) electrons. The van der Waals surface area contributed by atoms with Crippen LogP contribution in [0.1, 0.15) is 58.3 Å². The minimum atomic E-state index is -0.649. The van der Waals surface area contributed by atoms with Gasteiger partial charge in [-0.25, -0.2) is 4.79 Å². The van der Waals surface area contributed by atoms with Gasteiger partial charge in [0, 0.05) is 11.6 Å². The lowest BCUT2D eigenvalue weighted by atomic mass is 9.84. The quantitative estimate of drug-likeness (QED) is 0.515. The van der Waals surface area contributed by atoms with E-state index in [2.05, 4.69) is 6.92 Å². The zero-order valence-corrected chi connectivity index (χ0v) is 10.3. The van der Waals surface area contributed by atoms with Crippen LogP contribution in [0.5, 0.6) is 0 Å². The number of unbranched alkanes of at least 4 members (excludes halogenated alkanes) is 2. The molecule has 15 heavy (non-hydrogen) atoms. The molecule has 1 rings (SSSR count). The maximum absolute atomic E-state index is 10.5. The highest BCUT2D eigenvalue weighted by Crippen LogP contribution is 2.30. The lowest BCUT2D eigenvalue weighted by Crippen LogP contribution is -2.22. The van der Waals surface area contributed by atoms with Crippen LogP contribution in [0.3, 0.4) is 0 Å². The summed E-state index contributed by atoms with van der Waals surface area (Å²) in [6, 6.07) is 0. The lowest BCUT2D eigenvalue weighted by Gasteiger charge is -2.27. The molecule has 0 amide bonds. The Morgan fingerprint density at radius 1 is 1.27 bits per heavy atom. The minimum absolute atomic E-state index is 0.0809. The highest BCUT2D eigenvalue weighted by Gasteiger charge is 2.22. The van der Waals surface area contributed by atoms with Crippen molar-refractivity contribution in [3.63, 3.8) is 0 Å². The van der Waals surface area contributed by atoms with Gasteiger partial charge >= 0.3 is 5.43 Å². The molecule has 88 valence electrons. The van der Waals surface area contributed by atoms with E-state index in [-0.39, 0.29) is 6.10 Å². The van der Waals surface area contributed by atoms with E-state index in [0.29, 0.717) is 0 Å². The van der Waals surface area contributed by atoms with Gasteiger partial charge in [0.2, 0.25) is 0 Å². The normalized spacial score (nSPS) is 26.3. The molecule has 1 saturated carbocycles. The second-order valence-electron chi connectivity index (χ2n) is 4.49. The SMILES string of the molecule is CCCCC[C@H]1CC[C@H](OC(=O)Cl)CC1. The number of rotatable bonds is 5. The molecule has 0 saturated heterocycles. The molecule has 0 unspecified atom stereocenters. The Bertz CT molecular complexity index is 186. The van der Waals surface area contributed by atoms with Crippen LogP contribution in [0.15, 0.2) is 0 Å². The third-order valence-corrected chi connectivity index (χ3v) is 3.36. The molecule has 1 aliphatic rings.